The quantitative estimate of drug-likeness (QED) is 0.606. The van der Waals surface area contributed by atoms with Crippen LogP contribution in [0.25, 0.3) is 10.1 Å². The van der Waals surface area contributed by atoms with Gasteiger partial charge in [-0.15, -0.1) is 11.3 Å². The minimum Gasteiger partial charge on any atom is -0.265 e. The maximum atomic E-state index is 13.2. The van der Waals surface area contributed by atoms with E-state index in [9.17, 15) is 4.39 Å². The first-order valence-electron chi connectivity index (χ1n) is 5.94. The third-order valence-electron chi connectivity index (χ3n) is 2.97. The van der Waals surface area contributed by atoms with Crippen molar-refractivity contribution in [1.82, 2.24) is 4.98 Å². The number of pyridine rings is 1. The van der Waals surface area contributed by atoms with Gasteiger partial charge in [0, 0.05) is 22.0 Å². The first-order valence-corrected chi connectivity index (χ1v) is 7.67. The van der Waals surface area contributed by atoms with Crippen molar-refractivity contribution >= 4 is 37.4 Å². The van der Waals surface area contributed by atoms with E-state index in [1.54, 1.807) is 29.8 Å². The lowest BCUT2D eigenvalue weighted by Gasteiger charge is -2.06. The van der Waals surface area contributed by atoms with Gasteiger partial charge in [-0.2, -0.15) is 0 Å². The Morgan fingerprint density at radius 2 is 1.95 bits per heavy atom. The number of nitrogens with zero attached hydrogens (tertiary/aromatic N) is 1. The van der Waals surface area contributed by atoms with Crippen LogP contribution >= 0.6 is 27.3 Å². The van der Waals surface area contributed by atoms with E-state index in [0.29, 0.717) is 0 Å². The van der Waals surface area contributed by atoms with Gasteiger partial charge in [0.05, 0.1) is 4.83 Å². The van der Waals surface area contributed by atoms with Crippen molar-refractivity contribution in [3.63, 3.8) is 0 Å². The number of halogens is 2. The Morgan fingerprint density at radius 1 is 1.16 bits per heavy atom. The number of hydrogen-bond acceptors (Lipinski definition) is 2. The number of alkyl halides is 1. The molecule has 0 saturated carbocycles. The van der Waals surface area contributed by atoms with Gasteiger partial charge in [0.15, 0.2) is 0 Å². The fourth-order valence-electron chi connectivity index (χ4n) is 2.01. The molecule has 4 heteroatoms. The van der Waals surface area contributed by atoms with Crippen molar-refractivity contribution in [1.29, 1.82) is 0 Å². The van der Waals surface area contributed by atoms with Crippen LogP contribution in [0.5, 0.6) is 0 Å². The Bertz CT molecular complexity index is 696. The van der Waals surface area contributed by atoms with Gasteiger partial charge in [0.1, 0.15) is 5.82 Å². The predicted molar refractivity (Wildman–Crippen MR) is 81.4 cm³/mol. The highest BCUT2D eigenvalue weighted by atomic mass is 79.9. The van der Waals surface area contributed by atoms with Gasteiger partial charge < -0.3 is 0 Å². The molecule has 96 valence electrons. The average Bonchev–Trinajstić information content (AvgIpc) is 2.83. The predicted octanol–water partition coefficient (Wildman–Crippen LogP) is 5.11. The van der Waals surface area contributed by atoms with E-state index in [2.05, 4.69) is 27.0 Å². The van der Waals surface area contributed by atoms with E-state index >= 15 is 0 Å². The van der Waals surface area contributed by atoms with Crippen molar-refractivity contribution in [3.8, 4) is 0 Å². The summed E-state index contributed by atoms with van der Waals surface area (Å²) in [6, 6.07) is 11.1. The molecule has 0 aliphatic heterocycles. The molecule has 0 aliphatic carbocycles. The van der Waals surface area contributed by atoms with Crippen LogP contribution in [0.4, 0.5) is 4.39 Å². The molecule has 1 nitrogen and oxygen atoms in total. The molecule has 2 aromatic heterocycles. The van der Waals surface area contributed by atoms with Crippen LogP contribution in [0.2, 0.25) is 0 Å². The van der Waals surface area contributed by atoms with Gasteiger partial charge in [0.2, 0.25) is 0 Å². The third kappa shape index (κ3) is 2.85. The zero-order chi connectivity index (χ0) is 13.2. The molecule has 0 spiro atoms. The number of rotatable bonds is 3. The highest BCUT2D eigenvalue weighted by Crippen LogP contribution is 2.36. The molecule has 0 amide bonds. The van der Waals surface area contributed by atoms with Crippen molar-refractivity contribution < 1.29 is 4.39 Å². The van der Waals surface area contributed by atoms with Gasteiger partial charge in [-0.25, -0.2) is 4.39 Å². The smallest absolute Gasteiger partial charge is 0.124 e. The second-order valence-electron chi connectivity index (χ2n) is 4.36. The van der Waals surface area contributed by atoms with Crippen LogP contribution in [0.3, 0.4) is 0 Å². The maximum Gasteiger partial charge on any atom is 0.124 e. The summed E-state index contributed by atoms with van der Waals surface area (Å²) in [5.41, 5.74) is 1.24. The summed E-state index contributed by atoms with van der Waals surface area (Å²) in [6.07, 6.45) is 4.50. The Labute approximate surface area is 123 Å². The van der Waals surface area contributed by atoms with Crippen molar-refractivity contribution in [3.05, 3.63) is 65.0 Å². The van der Waals surface area contributed by atoms with Crippen LogP contribution in [0, 0.1) is 5.82 Å². The summed E-state index contributed by atoms with van der Waals surface area (Å²) in [5, 5.41) is 1.10. The minimum absolute atomic E-state index is 0.179. The summed E-state index contributed by atoms with van der Waals surface area (Å²) < 4.78 is 14.2. The lowest BCUT2D eigenvalue weighted by molar-refractivity contribution is 0.630. The van der Waals surface area contributed by atoms with Crippen LogP contribution in [0.1, 0.15) is 15.3 Å². The Hall–Kier alpha value is -1.26. The monoisotopic (exact) mass is 335 g/mol. The lowest BCUT2D eigenvalue weighted by Crippen LogP contribution is -1.92. The molecule has 3 aromatic rings. The molecule has 1 unspecified atom stereocenters. The fourth-order valence-corrected chi connectivity index (χ4v) is 3.86. The summed E-state index contributed by atoms with van der Waals surface area (Å²) in [6.45, 7) is 0. The minimum atomic E-state index is -0.179. The second-order valence-corrected chi connectivity index (χ2v) is 6.58. The van der Waals surface area contributed by atoms with E-state index < -0.39 is 0 Å². The molecule has 0 fully saturated rings. The maximum absolute atomic E-state index is 13.2. The summed E-state index contributed by atoms with van der Waals surface area (Å²) in [4.78, 5) is 5.48. The number of fused-ring (bicyclic) bond motifs is 1. The molecule has 3 rings (SSSR count). The SMILES string of the molecule is Fc1ccc2cc(C(Br)Cc3ccncc3)sc2c1. The van der Waals surface area contributed by atoms with Crippen LogP contribution in [-0.4, -0.2) is 4.98 Å². The van der Waals surface area contributed by atoms with Gasteiger partial charge in [-0.3, -0.25) is 4.98 Å². The molecule has 0 radical (unpaired) electrons. The molecule has 2 heterocycles. The van der Waals surface area contributed by atoms with Crippen LogP contribution < -0.4 is 0 Å². The number of aromatic nitrogens is 1. The highest BCUT2D eigenvalue weighted by Gasteiger charge is 2.12. The van der Waals surface area contributed by atoms with E-state index in [0.717, 1.165) is 16.5 Å². The topological polar surface area (TPSA) is 12.9 Å². The zero-order valence-corrected chi connectivity index (χ0v) is 12.4. The van der Waals surface area contributed by atoms with E-state index in [4.69, 9.17) is 0 Å². The third-order valence-corrected chi connectivity index (χ3v) is 5.31. The Balaban J connectivity index is 1.87. The van der Waals surface area contributed by atoms with Gasteiger partial charge in [-0.1, -0.05) is 22.0 Å². The molecule has 0 aliphatic rings. The lowest BCUT2D eigenvalue weighted by atomic mass is 10.1. The van der Waals surface area contributed by atoms with Crippen LogP contribution in [-0.2, 0) is 6.42 Å². The largest absolute Gasteiger partial charge is 0.265 e. The van der Waals surface area contributed by atoms with Crippen LogP contribution in [0.15, 0.2) is 48.8 Å². The zero-order valence-electron chi connectivity index (χ0n) is 10.0. The normalized spacial score (nSPS) is 12.7. The molecule has 0 N–H and O–H groups in total. The molecule has 0 bridgehead atoms. The highest BCUT2D eigenvalue weighted by molar-refractivity contribution is 9.09. The number of benzene rings is 1. The molecule has 0 saturated heterocycles. The van der Waals surface area contributed by atoms with E-state index in [1.807, 2.05) is 18.2 Å². The molecule has 1 atom stereocenters. The molecular weight excluding hydrogens is 325 g/mol. The van der Waals surface area contributed by atoms with Crippen molar-refractivity contribution in [2.24, 2.45) is 0 Å². The summed E-state index contributed by atoms with van der Waals surface area (Å²) in [7, 11) is 0. The first-order chi connectivity index (χ1) is 9.22. The number of thiophene rings is 1. The average molecular weight is 336 g/mol. The van der Waals surface area contributed by atoms with Crippen molar-refractivity contribution in [2.45, 2.75) is 11.2 Å². The summed E-state index contributed by atoms with van der Waals surface area (Å²) in [5.74, 6) is -0.179. The first kappa shape index (κ1) is 12.8. The Morgan fingerprint density at radius 3 is 2.74 bits per heavy atom. The summed E-state index contributed by atoms with van der Waals surface area (Å²) >= 11 is 5.35. The van der Waals surface area contributed by atoms with E-state index in [1.165, 1.54) is 16.5 Å². The molecule has 1 aromatic carbocycles. The van der Waals surface area contributed by atoms with Gasteiger partial charge >= 0.3 is 0 Å². The standard InChI is InChI=1S/C15H11BrFNS/c16-13(7-10-3-5-18-6-4-10)15-8-11-1-2-12(17)9-14(11)19-15/h1-6,8-9,13H,7H2. The fraction of sp³-hybridized carbons (Fsp3) is 0.133. The molecule has 19 heavy (non-hydrogen) atoms. The van der Waals surface area contributed by atoms with Crippen molar-refractivity contribution in [2.75, 3.05) is 0 Å². The van der Waals surface area contributed by atoms with E-state index in [-0.39, 0.29) is 10.6 Å². The van der Waals surface area contributed by atoms with Gasteiger partial charge in [-0.05, 0) is 47.7 Å². The Kier molecular flexibility index (Phi) is 3.62. The number of hydrogen-bond donors (Lipinski definition) is 0. The van der Waals surface area contributed by atoms with Gasteiger partial charge in [0.25, 0.3) is 0 Å². The molecular formula is C15H11BrFNS. The second kappa shape index (κ2) is 5.39.